The molecule has 0 bridgehead atoms. The van der Waals surface area contributed by atoms with Crippen molar-refractivity contribution in [3.8, 4) is 0 Å². The van der Waals surface area contributed by atoms with Gasteiger partial charge in [-0.25, -0.2) is 4.39 Å². The van der Waals surface area contributed by atoms with Crippen LogP contribution in [0.1, 0.15) is 34.7 Å². The molecule has 29 heavy (non-hydrogen) atoms. The smallest absolute Gasteiger partial charge is 0.292 e. The topological polar surface area (TPSA) is 63.3 Å². The van der Waals surface area contributed by atoms with Crippen LogP contribution in [-0.4, -0.2) is 33.7 Å². The number of nitrogens with zero attached hydrogens (tertiary/aromatic N) is 3. The first-order valence-corrected chi connectivity index (χ1v) is 10.4. The quantitative estimate of drug-likeness (QED) is 0.542. The molecule has 1 aromatic carbocycles. The molecule has 1 fully saturated rings. The van der Waals surface area contributed by atoms with Gasteiger partial charge in [-0.3, -0.25) is 14.4 Å². The molecule has 1 N–H and O–H groups in total. The van der Waals surface area contributed by atoms with E-state index < -0.39 is 11.7 Å². The highest BCUT2D eigenvalue weighted by atomic mass is 79.9. The fourth-order valence-corrected chi connectivity index (χ4v) is 3.96. The Hall–Kier alpha value is -2.16. The van der Waals surface area contributed by atoms with Crippen molar-refractivity contribution < 1.29 is 13.6 Å². The lowest BCUT2D eigenvalue weighted by atomic mass is 10.2. The van der Waals surface area contributed by atoms with Gasteiger partial charge >= 0.3 is 0 Å². The summed E-state index contributed by atoms with van der Waals surface area (Å²) in [6.07, 6.45) is 4.05. The maximum atomic E-state index is 14.0. The third-order valence-corrected chi connectivity index (χ3v) is 5.73. The molecule has 1 amide bonds. The summed E-state index contributed by atoms with van der Waals surface area (Å²) < 4.78 is 21.8. The van der Waals surface area contributed by atoms with Crippen LogP contribution in [0, 0.1) is 5.82 Å². The molecule has 1 aliphatic heterocycles. The number of aromatic nitrogens is 2. The van der Waals surface area contributed by atoms with Crippen LogP contribution in [0.2, 0.25) is 5.02 Å². The van der Waals surface area contributed by atoms with Crippen molar-refractivity contribution in [3.05, 3.63) is 68.9 Å². The van der Waals surface area contributed by atoms with Gasteiger partial charge in [-0.15, -0.1) is 0 Å². The second-order valence-corrected chi connectivity index (χ2v) is 8.19. The number of carbonyl (C=O) groups is 1. The van der Waals surface area contributed by atoms with E-state index in [0.717, 1.165) is 18.8 Å². The van der Waals surface area contributed by atoms with Crippen molar-refractivity contribution in [2.75, 3.05) is 18.4 Å². The molecular formula is C20H19BrClFN4O2. The van der Waals surface area contributed by atoms with Gasteiger partial charge in [0.25, 0.3) is 5.91 Å². The molecule has 0 radical (unpaired) electrons. The molecule has 0 aliphatic carbocycles. The Balaban J connectivity index is 1.43. The summed E-state index contributed by atoms with van der Waals surface area (Å²) >= 11 is 9.45. The lowest BCUT2D eigenvalue weighted by Crippen LogP contribution is -2.18. The van der Waals surface area contributed by atoms with E-state index in [0.29, 0.717) is 27.4 Å². The van der Waals surface area contributed by atoms with Gasteiger partial charge in [0.15, 0.2) is 11.6 Å². The molecule has 152 valence electrons. The highest BCUT2D eigenvalue weighted by molar-refractivity contribution is 9.10. The van der Waals surface area contributed by atoms with Crippen LogP contribution >= 0.6 is 27.5 Å². The summed E-state index contributed by atoms with van der Waals surface area (Å²) in [5.41, 5.74) is 0.333. The fraction of sp³-hybridized carbons (Fsp3) is 0.300. The summed E-state index contributed by atoms with van der Waals surface area (Å²) in [6.45, 7) is 2.95. The first-order chi connectivity index (χ1) is 14.0. The Morgan fingerprint density at radius 2 is 2.03 bits per heavy atom. The SMILES string of the molecule is O=C(Nc1nn(Cc2c(F)cccc2Cl)cc1Br)c1ccc(CN2CCCC2)o1. The molecule has 4 rings (SSSR count). The van der Waals surface area contributed by atoms with Gasteiger partial charge in [-0.1, -0.05) is 17.7 Å². The molecule has 1 saturated heterocycles. The van der Waals surface area contributed by atoms with Gasteiger partial charge in [0.05, 0.1) is 17.6 Å². The summed E-state index contributed by atoms with van der Waals surface area (Å²) in [6, 6.07) is 8.00. The third-order valence-electron chi connectivity index (χ3n) is 4.79. The Labute approximate surface area is 180 Å². The summed E-state index contributed by atoms with van der Waals surface area (Å²) in [5, 5.41) is 7.34. The predicted octanol–water partition coefficient (Wildman–Crippen LogP) is 4.93. The van der Waals surface area contributed by atoms with Crippen molar-refractivity contribution in [2.24, 2.45) is 0 Å². The van der Waals surface area contributed by atoms with Gasteiger partial charge in [0, 0.05) is 16.8 Å². The maximum absolute atomic E-state index is 14.0. The molecule has 0 unspecified atom stereocenters. The number of likely N-dealkylation sites (tertiary alicyclic amines) is 1. The molecule has 3 heterocycles. The third kappa shape index (κ3) is 4.71. The van der Waals surface area contributed by atoms with Gasteiger partial charge in [-0.2, -0.15) is 5.10 Å². The Morgan fingerprint density at radius 1 is 1.24 bits per heavy atom. The number of hydrogen-bond donors (Lipinski definition) is 1. The summed E-state index contributed by atoms with van der Waals surface area (Å²) in [5.74, 6) is 0.497. The molecule has 2 aromatic heterocycles. The number of nitrogens with one attached hydrogen (secondary N) is 1. The minimum atomic E-state index is -0.407. The molecule has 0 saturated carbocycles. The zero-order valence-electron chi connectivity index (χ0n) is 15.5. The Kier molecular flexibility index (Phi) is 6.03. The molecular weight excluding hydrogens is 463 g/mol. The van der Waals surface area contributed by atoms with Crippen LogP contribution < -0.4 is 5.32 Å². The number of anilines is 1. The molecule has 0 atom stereocenters. The van der Waals surface area contributed by atoms with Gasteiger partial charge in [0.2, 0.25) is 0 Å². The highest BCUT2D eigenvalue weighted by Crippen LogP contribution is 2.25. The lowest BCUT2D eigenvalue weighted by Gasteiger charge is -2.11. The Morgan fingerprint density at radius 3 is 2.79 bits per heavy atom. The number of amides is 1. The predicted molar refractivity (Wildman–Crippen MR) is 112 cm³/mol. The van der Waals surface area contributed by atoms with Crippen LogP contribution in [0.4, 0.5) is 10.2 Å². The van der Waals surface area contributed by atoms with Crippen molar-refractivity contribution in [1.82, 2.24) is 14.7 Å². The average Bonchev–Trinajstić information content (AvgIpc) is 3.42. The number of carbonyl (C=O) groups excluding carboxylic acids is 1. The van der Waals surface area contributed by atoms with Crippen LogP contribution in [-0.2, 0) is 13.1 Å². The van der Waals surface area contributed by atoms with E-state index in [2.05, 4.69) is 31.2 Å². The lowest BCUT2D eigenvalue weighted by molar-refractivity contribution is 0.0992. The number of furan rings is 1. The average molecular weight is 482 g/mol. The zero-order valence-corrected chi connectivity index (χ0v) is 17.8. The van der Waals surface area contributed by atoms with Gasteiger partial charge in [0.1, 0.15) is 11.6 Å². The van der Waals surface area contributed by atoms with Crippen molar-refractivity contribution in [2.45, 2.75) is 25.9 Å². The van der Waals surface area contributed by atoms with E-state index in [-0.39, 0.29) is 12.3 Å². The maximum Gasteiger partial charge on any atom is 0.292 e. The van der Waals surface area contributed by atoms with Crippen molar-refractivity contribution in [3.63, 3.8) is 0 Å². The fourth-order valence-electron chi connectivity index (χ4n) is 3.32. The summed E-state index contributed by atoms with van der Waals surface area (Å²) in [7, 11) is 0. The van der Waals surface area contributed by atoms with Crippen LogP contribution in [0.5, 0.6) is 0 Å². The molecule has 6 nitrogen and oxygen atoms in total. The van der Waals surface area contributed by atoms with E-state index in [4.69, 9.17) is 16.0 Å². The van der Waals surface area contributed by atoms with Gasteiger partial charge in [-0.05, 0) is 66.1 Å². The van der Waals surface area contributed by atoms with E-state index in [9.17, 15) is 9.18 Å². The second-order valence-electron chi connectivity index (χ2n) is 6.93. The van der Waals surface area contributed by atoms with E-state index in [1.807, 2.05) is 6.07 Å². The van der Waals surface area contributed by atoms with Crippen LogP contribution in [0.25, 0.3) is 0 Å². The number of benzene rings is 1. The zero-order chi connectivity index (χ0) is 20.4. The molecule has 0 spiro atoms. The first-order valence-electron chi connectivity index (χ1n) is 9.28. The van der Waals surface area contributed by atoms with Gasteiger partial charge < -0.3 is 9.73 Å². The molecule has 1 aliphatic rings. The second kappa shape index (κ2) is 8.69. The number of halogens is 3. The van der Waals surface area contributed by atoms with Crippen molar-refractivity contribution >= 4 is 39.3 Å². The normalized spacial score (nSPS) is 14.4. The monoisotopic (exact) mass is 480 g/mol. The number of hydrogen-bond acceptors (Lipinski definition) is 4. The number of rotatable bonds is 6. The molecule has 3 aromatic rings. The van der Waals surface area contributed by atoms with Crippen molar-refractivity contribution in [1.29, 1.82) is 0 Å². The van der Waals surface area contributed by atoms with E-state index >= 15 is 0 Å². The minimum Gasteiger partial charge on any atom is -0.455 e. The van der Waals surface area contributed by atoms with Crippen LogP contribution in [0.15, 0.2) is 45.4 Å². The first kappa shape index (κ1) is 20.1. The highest BCUT2D eigenvalue weighted by Gasteiger charge is 2.18. The van der Waals surface area contributed by atoms with E-state index in [1.54, 1.807) is 24.4 Å². The molecule has 9 heteroatoms. The summed E-state index contributed by atoms with van der Waals surface area (Å²) in [4.78, 5) is 14.8. The van der Waals surface area contributed by atoms with Crippen LogP contribution in [0.3, 0.4) is 0 Å². The van der Waals surface area contributed by atoms with E-state index in [1.165, 1.54) is 23.6 Å². The minimum absolute atomic E-state index is 0.140. The Bertz CT molecular complexity index is 1010. The largest absolute Gasteiger partial charge is 0.455 e. The standard InChI is InChI=1S/C20H19BrClFN4O2/c21-15-12-27(11-14-16(22)4-3-5-17(14)23)25-19(15)24-20(28)18-7-6-13(29-18)10-26-8-1-2-9-26/h3-7,12H,1-2,8-11H2,(H,24,25,28).